The molecule has 0 bridgehead atoms. The van der Waals surface area contributed by atoms with Crippen molar-refractivity contribution in [1.29, 1.82) is 0 Å². The second kappa shape index (κ2) is 3.76. The lowest BCUT2D eigenvalue weighted by atomic mass is 10.3. The molecule has 1 amide bonds. The number of anilines is 1. The lowest BCUT2D eigenvalue weighted by Gasteiger charge is -2.14. The van der Waals surface area contributed by atoms with Gasteiger partial charge in [0.2, 0.25) is 0 Å². The summed E-state index contributed by atoms with van der Waals surface area (Å²) < 4.78 is 4.49. The molecule has 1 radical (unpaired) electrons. The van der Waals surface area contributed by atoms with E-state index < -0.39 is 6.09 Å². The minimum absolute atomic E-state index is 0.471. The molecule has 0 aromatic heterocycles. The van der Waals surface area contributed by atoms with Crippen LogP contribution in [0.3, 0.4) is 0 Å². The first-order valence-corrected chi connectivity index (χ1v) is 3.49. The fourth-order valence-corrected chi connectivity index (χ4v) is 0.824. The zero-order valence-electron chi connectivity index (χ0n) is 6.86. The lowest BCUT2D eigenvalue weighted by molar-refractivity contribution is 0.181. The molecule has 0 aliphatic carbocycles. The van der Waals surface area contributed by atoms with E-state index in [1.54, 1.807) is 12.1 Å². The summed E-state index contributed by atoms with van der Waals surface area (Å²) in [4.78, 5) is 12.1. The van der Waals surface area contributed by atoms with Crippen LogP contribution in [0, 0.1) is 7.05 Å². The van der Waals surface area contributed by atoms with Gasteiger partial charge in [-0.3, -0.25) is 4.90 Å². The summed E-state index contributed by atoms with van der Waals surface area (Å²) in [6.45, 7) is 0. The fraction of sp³-hybridized carbons (Fsp3) is 0.111. The van der Waals surface area contributed by atoms with Crippen molar-refractivity contribution in [1.82, 2.24) is 0 Å². The van der Waals surface area contributed by atoms with Crippen LogP contribution in [0.1, 0.15) is 0 Å². The Balaban J connectivity index is 2.78. The van der Waals surface area contributed by atoms with Gasteiger partial charge in [-0.2, -0.15) is 0 Å². The van der Waals surface area contributed by atoms with E-state index in [4.69, 9.17) is 0 Å². The van der Waals surface area contributed by atoms with Gasteiger partial charge in [0.15, 0.2) is 0 Å². The summed E-state index contributed by atoms with van der Waals surface area (Å²) in [7, 11) is 4.86. The molecule has 0 spiro atoms. The first-order valence-electron chi connectivity index (χ1n) is 3.49. The van der Waals surface area contributed by atoms with E-state index >= 15 is 0 Å². The van der Waals surface area contributed by atoms with Gasteiger partial charge in [0.05, 0.1) is 7.11 Å². The average molecular weight is 164 g/mol. The van der Waals surface area contributed by atoms with Gasteiger partial charge in [-0.1, -0.05) is 18.2 Å². The van der Waals surface area contributed by atoms with Crippen molar-refractivity contribution in [3.8, 4) is 0 Å². The maximum Gasteiger partial charge on any atom is 0.414 e. The van der Waals surface area contributed by atoms with Gasteiger partial charge in [0.25, 0.3) is 0 Å². The predicted molar refractivity (Wildman–Crippen MR) is 46.7 cm³/mol. The van der Waals surface area contributed by atoms with Crippen LogP contribution in [-0.4, -0.2) is 13.2 Å². The lowest BCUT2D eigenvalue weighted by Crippen LogP contribution is -2.23. The zero-order valence-corrected chi connectivity index (χ0v) is 6.86. The summed E-state index contributed by atoms with van der Waals surface area (Å²) in [5, 5.41) is 0. The van der Waals surface area contributed by atoms with Crippen molar-refractivity contribution in [2.45, 2.75) is 0 Å². The number of nitrogens with zero attached hydrogens (tertiary/aromatic N) is 1. The second-order valence-corrected chi connectivity index (χ2v) is 2.23. The van der Waals surface area contributed by atoms with Crippen molar-refractivity contribution < 1.29 is 9.53 Å². The van der Waals surface area contributed by atoms with E-state index in [0.29, 0.717) is 5.69 Å². The third-order valence-electron chi connectivity index (χ3n) is 1.46. The van der Waals surface area contributed by atoms with E-state index in [9.17, 15) is 4.79 Å². The number of amides is 1. The monoisotopic (exact) mass is 164 g/mol. The quantitative estimate of drug-likeness (QED) is 0.635. The normalized spacial score (nSPS) is 9.17. The molecule has 0 fully saturated rings. The van der Waals surface area contributed by atoms with Gasteiger partial charge in [0.1, 0.15) is 0 Å². The standard InChI is InChI=1S/C9H10NO2/c1-10(9(11)12-2)8-6-4-3-5-7-8/h3-7H,1H2,2H3. The molecule has 0 atom stereocenters. The van der Waals surface area contributed by atoms with Crippen molar-refractivity contribution in [2.24, 2.45) is 0 Å². The molecular weight excluding hydrogens is 154 g/mol. The van der Waals surface area contributed by atoms with Crippen LogP contribution < -0.4 is 4.90 Å². The Morgan fingerprint density at radius 1 is 1.42 bits per heavy atom. The average Bonchev–Trinajstić information content (AvgIpc) is 2.17. The van der Waals surface area contributed by atoms with E-state index in [1.807, 2.05) is 18.2 Å². The molecule has 0 heterocycles. The topological polar surface area (TPSA) is 29.5 Å². The Hall–Kier alpha value is -1.51. The highest BCUT2D eigenvalue weighted by Crippen LogP contribution is 2.12. The molecule has 3 heteroatoms. The Bertz CT molecular complexity index is 258. The van der Waals surface area contributed by atoms with Crippen LogP contribution in [0.4, 0.5) is 10.5 Å². The van der Waals surface area contributed by atoms with Crippen LogP contribution in [0.5, 0.6) is 0 Å². The van der Waals surface area contributed by atoms with Crippen molar-refractivity contribution >= 4 is 11.8 Å². The minimum atomic E-state index is -0.471. The summed E-state index contributed by atoms with van der Waals surface area (Å²) in [6.07, 6.45) is -0.471. The number of para-hydroxylation sites is 1. The smallest absolute Gasteiger partial charge is 0.414 e. The zero-order chi connectivity index (χ0) is 8.97. The van der Waals surface area contributed by atoms with E-state index in [0.717, 1.165) is 0 Å². The minimum Gasteiger partial charge on any atom is -0.452 e. The van der Waals surface area contributed by atoms with E-state index in [-0.39, 0.29) is 0 Å². The maximum absolute atomic E-state index is 11.0. The summed E-state index contributed by atoms with van der Waals surface area (Å²) in [5.41, 5.74) is 0.712. The summed E-state index contributed by atoms with van der Waals surface area (Å²) >= 11 is 0. The first-order chi connectivity index (χ1) is 5.75. The Kier molecular flexibility index (Phi) is 2.69. The highest BCUT2D eigenvalue weighted by molar-refractivity contribution is 5.87. The number of carbonyl (C=O) groups is 1. The number of carbonyl (C=O) groups excluding carboxylic acids is 1. The predicted octanol–water partition coefficient (Wildman–Crippen LogP) is 2.05. The molecule has 1 aromatic carbocycles. The molecule has 0 aliphatic heterocycles. The number of benzene rings is 1. The van der Waals surface area contributed by atoms with Crippen molar-refractivity contribution in [3.63, 3.8) is 0 Å². The number of hydrogen-bond acceptors (Lipinski definition) is 2. The molecule has 1 rings (SSSR count). The third-order valence-corrected chi connectivity index (χ3v) is 1.46. The van der Waals surface area contributed by atoms with Gasteiger partial charge >= 0.3 is 6.09 Å². The maximum atomic E-state index is 11.0. The van der Waals surface area contributed by atoms with Gasteiger partial charge in [0, 0.05) is 12.7 Å². The SMILES string of the molecule is [CH2]N(C(=O)OC)c1ccccc1. The van der Waals surface area contributed by atoms with Gasteiger partial charge in [-0.25, -0.2) is 4.79 Å². The fourth-order valence-electron chi connectivity index (χ4n) is 0.824. The molecule has 0 N–H and O–H groups in total. The van der Waals surface area contributed by atoms with Crippen LogP contribution in [0.25, 0.3) is 0 Å². The van der Waals surface area contributed by atoms with Crippen LogP contribution in [-0.2, 0) is 4.74 Å². The summed E-state index contributed by atoms with van der Waals surface area (Å²) in [6, 6.07) is 9.09. The Labute approximate surface area is 71.6 Å². The number of rotatable bonds is 1. The molecule has 1 aromatic rings. The Morgan fingerprint density at radius 3 is 2.50 bits per heavy atom. The van der Waals surface area contributed by atoms with Crippen molar-refractivity contribution in [3.05, 3.63) is 37.4 Å². The summed E-state index contributed by atoms with van der Waals surface area (Å²) in [5.74, 6) is 0. The Morgan fingerprint density at radius 2 is 2.00 bits per heavy atom. The molecule has 0 unspecified atom stereocenters. The molecule has 3 nitrogen and oxygen atoms in total. The van der Waals surface area contributed by atoms with Crippen molar-refractivity contribution in [2.75, 3.05) is 12.0 Å². The van der Waals surface area contributed by atoms with E-state index in [2.05, 4.69) is 11.8 Å². The first kappa shape index (κ1) is 8.59. The highest BCUT2D eigenvalue weighted by atomic mass is 16.5. The van der Waals surface area contributed by atoms with Gasteiger partial charge in [-0.15, -0.1) is 0 Å². The number of hydrogen-bond donors (Lipinski definition) is 0. The van der Waals surface area contributed by atoms with E-state index in [1.165, 1.54) is 12.0 Å². The number of methoxy groups -OCH3 is 1. The van der Waals surface area contributed by atoms with Gasteiger partial charge < -0.3 is 4.74 Å². The highest BCUT2D eigenvalue weighted by Gasteiger charge is 2.08. The third kappa shape index (κ3) is 1.75. The molecule has 63 valence electrons. The molecule has 0 saturated heterocycles. The van der Waals surface area contributed by atoms with Crippen LogP contribution in [0.2, 0.25) is 0 Å². The molecular formula is C9H10NO2. The van der Waals surface area contributed by atoms with Crippen LogP contribution in [0.15, 0.2) is 30.3 Å². The second-order valence-electron chi connectivity index (χ2n) is 2.23. The largest absolute Gasteiger partial charge is 0.452 e. The molecule has 0 aliphatic rings. The van der Waals surface area contributed by atoms with Crippen LogP contribution >= 0.6 is 0 Å². The molecule has 12 heavy (non-hydrogen) atoms. The van der Waals surface area contributed by atoms with Gasteiger partial charge in [-0.05, 0) is 12.1 Å². The number of ether oxygens (including phenoxy) is 1. The molecule has 0 saturated carbocycles.